The summed E-state index contributed by atoms with van der Waals surface area (Å²) < 4.78 is 34.6. The number of carboxylic acid groups (broad SMARTS) is 2. The normalized spacial score (nSPS) is 12.0. The maximum Gasteiger partial charge on any atom is 0.336 e. The summed E-state index contributed by atoms with van der Waals surface area (Å²) in [6.07, 6.45) is 2.38. The Kier molecular flexibility index (Phi) is 9.97. The number of fused-ring (bicyclic) bond motifs is 1. The summed E-state index contributed by atoms with van der Waals surface area (Å²) in [6, 6.07) is 20.9. The van der Waals surface area contributed by atoms with E-state index in [1.165, 1.54) is 20.3 Å². The van der Waals surface area contributed by atoms with E-state index in [0.29, 0.717) is 68.9 Å². The first kappa shape index (κ1) is 31.8. The van der Waals surface area contributed by atoms with E-state index >= 15 is 0 Å². The molecule has 0 spiro atoms. The monoisotopic (exact) mass is 626 g/mol. The first-order valence-electron chi connectivity index (χ1n) is 14.6. The van der Waals surface area contributed by atoms with Crippen molar-refractivity contribution in [2.45, 2.75) is 26.4 Å². The highest BCUT2D eigenvalue weighted by Crippen LogP contribution is 2.46. The standard InChI is InChI=1S/C36H34O10/c1-4-15-43-34-29(41-2)14-13-28(33(34)44-20-23-10-6-8-12-27(23)36(39)40)26-11-7-5-9-22(26)16-25(35(37)38)17-24-18-31-32(46-21-45-31)19-30(24)42-3/h5-14,16,18-19H,4,15,17,20-21H2,1-3H3,(H,37,38)(H,39,40). The van der Waals surface area contributed by atoms with Gasteiger partial charge < -0.3 is 38.6 Å². The van der Waals surface area contributed by atoms with E-state index in [1.807, 2.05) is 37.3 Å². The third kappa shape index (κ3) is 6.86. The lowest BCUT2D eigenvalue weighted by Gasteiger charge is -2.20. The highest BCUT2D eigenvalue weighted by atomic mass is 16.7. The zero-order valence-electron chi connectivity index (χ0n) is 25.7. The molecule has 238 valence electrons. The van der Waals surface area contributed by atoms with Gasteiger partial charge in [-0.25, -0.2) is 9.59 Å². The van der Waals surface area contributed by atoms with Gasteiger partial charge in [-0.2, -0.15) is 0 Å². The van der Waals surface area contributed by atoms with Gasteiger partial charge in [0, 0.05) is 34.8 Å². The van der Waals surface area contributed by atoms with Crippen LogP contribution in [0.5, 0.6) is 34.5 Å². The summed E-state index contributed by atoms with van der Waals surface area (Å²) in [5, 5.41) is 20.0. The predicted molar refractivity (Wildman–Crippen MR) is 170 cm³/mol. The lowest BCUT2D eigenvalue weighted by Crippen LogP contribution is -2.08. The van der Waals surface area contributed by atoms with E-state index in [4.69, 9.17) is 28.4 Å². The fourth-order valence-corrected chi connectivity index (χ4v) is 5.15. The molecule has 46 heavy (non-hydrogen) atoms. The van der Waals surface area contributed by atoms with E-state index < -0.39 is 11.9 Å². The van der Waals surface area contributed by atoms with Crippen molar-refractivity contribution >= 4 is 18.0 Å². The zero-order valence-corrected chi connectivity index (χ0v) is 25.7. The van der Waals surface area contributed by atoms with Gasteiger partial charge in [0.2, 0.25) is 12.5 Å². The fourth-order valence-electron chi connectivity index (χ4n) is 5.15. The Morgan fingerprint density at radius 3 is 2.24 bits per heavy atom. The van der Waals surface area contributed by atoms with Crippen LogP contribution in [0.1, 0.15) is 40.4 Å². The van der Waals surface area contributed by atoms with E-state index in [2.05, 4.69) is 0 Å². The summed E-state index contributed by atoms with van der Waals surface area (Å²) in [6.45, 7) is 2.37. The molecule has 4 aromatic carbocycles. The molecule has 1 heterocycles. The molecule has 0 saturated heterocycles. The van der Waals surface area contributed by atoms with Crippen LogP contribution in [-0.4, -0.2) is 49.8 Å². The minimum absolute atomic E-state index is 0.0479. The van der Waals surface area contributed by atoms with E-state index in [9.17, 15) is 19.8 Å². The number of aromatic carboxylic acids is 1. The predicted octanol–water partition coefficient (Wildman–Crippen LogP) is 6.88. The number of carbonyl (C=O) groups is 2. The molecular weight excluding hydrogens is 592 g/mol. The van der Waals surface area contributed by atoms with Crippen LogP contribution in [0.4, 0.5) is 0 Å². The van der Waals surface area contributed by atoms with Crippen molar-refractivity contribution in [2.24, 2.45) is 0 Å². The van der Waals surface area contributed by atoms with Gasteiger partial charge in [0.25, 0.3) is 0 Å². The maximum atomic E-state index is 12.6. The molecule has 0 bridgehead atoms. The molecule has 1 aliphatic rings. The van der Waals surface area contributed by atoms with E-state index in [-0.39, 0.29) is 31.0 Å². The van der Waals surface area contributed by atoms with Crippen molar-refractivity contribution in [1.29, 1.82) is 0 Å². The number of hydrogen-bond donors (Lipinski definition) is 2. The third-order valence-electron chi connectivity index (χ3n) is 7.38. The fraction of sp³-hybridized carbons (Fsp3) is 0.222. The van der Waals surface area contributed by atoms with Gasteiger partial charge in [-0.1, -0.05) is 49.4 Å². The van der Waals surface area contributed by atoms with Crippen molar-refractivity contribution in [2.75, 3.05) is 27.6 Å². The molecule has 4 aromatic rings. The Morgan fingerprint density at radius 1 is 0.804 bits per heavy atom. The van der Waals surface area contributed by atoms with Crippen molar-refractivity contribution in [3.8, 4) is 45.6 Å². The molecule has 10 nitrogen and oxygen atoms in total. The molecule has 0 amide bonds. The summed E-state index contributed by atoms with van der Waals surface area (Å²) in [5.41, 5.74) is 3.22. The molecule has 0 fully saturated rings. The van der Waals surface area contributed by atoms with Gasteiger partial charge in [0.15, 0.2) is 23.0 Å². The van der Waals surface area contributed by atoms with Crippen molar-refractivity contribution in [1.82, 2.24) is 0 Å². The number of aliphatic carboxylic acids is 1. The molecule has 10 heteroatoms. The summed E-state index contributed by atoms with van der Waals surface area (Å²) in [5.74, 6) is 0.500. The Bertz CT molecular complexity index is 1780. The number of methoxy groups -OCH3 is 2. The molecule has 0 aliphatic carbocycles. The Labute approximate surface area is 266 Å². The summed E-state index contributed by atoms with van der Waals surface area (Å²) in [4.78, 5) is 24.5. The van der Waals surface area contributed by atoms with Gasteiger partial charge in [0.1, 0.15) is 12.4 Å². The lowest BCUT2D eigenvalue weighted by atomic mass is 9.94. The van der Waals surface area contributed by atoms with Crippen LogP contribution in [0.25, 0.3) is 17.2 Å². The van der Waals surface area contributed by atoms with Gasteiger partial charge in [-0.15, -0.1) is 0 Å². The highest BCUT2D eigenvalue weighted by molar-refractivity contribution is 5.95. The smallest absolute Gasteiger partial charge is 0.336 e. The second kappa shape index (κ2) is 14.4. The molecular formula is C36H34O10. The molecule has 0 atom stereocenters. The second-order valence-electron chi connectivity index (χ2n) is 10.3. The first-order chi connectivity index (χ1) is 22.3. The van der Waals surface area contributed by atoms with Crippen LogP contribution in [0.15, 0.2) is 78.4 Å². The molecule has 0 unspecified atom stereocenters. The Hall–Kier alpha value is -5.64. The summed E-state index contributed by atoms with van der Waals surface area (Å²) >= 11 is 0. The van der Waals surface area contributed by atoms with Gasteiger partial charge in [-0.05, 0) is 47.9 Å². The Balaban J connectivity index is 1.60. The SMILES string of the molecule is CCCOc1c(OC)ccc(-c2ccccc2C=C(Cc2cc3c(cc2OC)OCO3)C(=O)O)c1OCc1ccccc1C(=O)O. The van der Waals surface area contributed by atoms with E-state index in [0.717, 1.165) is 6.42 Å². The van der Waals surface area contributed by atoms with Crippen LogP contribution >= 0.6 is 0 Å². The lowest BCUT2D eigenvalue weighted by molar-refractivity contribution is -0.132. The average Bonchev–Trinajstić information content (AvgIpc) is 3.53. The van der Waals surface area contributed by atoms with Crippen LogP contribution in [0, 0.1) is 0 Å². The molecule has 1 aliphatic heterocycles. The number of rotatable bonds is 14. The minimum atomic E-state index is -1.10. The number of carboxylic acids is 2. The molecule has 2 N–H and O–H groups in total. The van der Waals surface area contributed by atoms with Gasteiger partial charge in [0.05, 0.1) is 26.4 Å². The summed E-state index contributed by atoms with van der Waals surface area (Å²) in [7, 11) is 3.04. The maximum absolute atomic E-state index is 12.6. The average molecular weight is 627 g/mol. The van der Waals surface area contributed by atoms with Crippen LogP contribution in [0.2, 0.25) is 0 Å². The van der Waals surface area contributed by atoms with Gasteiger partial charge >= 0.3 is 11.9 Å². The molecule has 5 rings (SSSR count). The van der Waals surface area contributed by atoms with Gasteiger partial charge in [-0.3, -0.25) is 0 Å². The number of ether oxygens (including phenoxy) is 6. The largest absolute Gasteiger partial charge is 0.496 e. The quantitative estimate of drug-likeness (QED) is 0.143. The first-order valence-corrected chi connectivity index (χ1v) is 14.6. The van der Waals surface area contributed by atoms with Crippen LogP contribution in [0.3, 0.4) is 0 Å². The van der Waals surface area contributed by atoms with Crippen molar-refractivity contribution < 1.29 is 48.2 Å². The topological polar surface area (TPSA) is 130 Å². The minimum Gasteiger partial charge on any atom is -0.496 e. The molecule has 0 aromatic heterocycles. The highest BCUT2D eigenvalue weighted by Gasteiger charge is 2.23. The number of benzene rings is 4. The zero-order chi connectivity index (χ0) is 32.6. The van der Waals surface area contributed by atoms with Crippen LogP contribution in [-0.2, 0) is 17.8 Å². The molecule has 0 saturated carbocycles. The van der Waals surface area contributed by atoms with Crippen molar-refractivity contribution in [3.05, 3.63) is 101 Å². The second-order valence-corrected chi connectivity index (χ2v) is 10.3. The van der Waals surface area contributed by atoms with E-state index in [1.54, 1.807) is 42.5 Å². The van der Waals surface area contributed by atoms with Crippen LogP contribution < -0.4 is 28.4 Å². The molecule has 0 radical (unpaired) electrons. The number of hydrogen-bond acceptors (Lipinski definition) is 8. The third-order valence-corrected chi connectivity index (χ3v) is 7.38. The Morgan fingerprint density at radius 2 is 1.52 bits per heavy atom. The van der Waals surface area contributed by atoms with Crippen molar-refractivity contribution in [3.63, 3.8) is 0 Å².